The third-order valence-corrected chi connectivity index (χ3v) is 11.2. The van der Waals surface area contributed by atoms with E-state index in [-0.39, 0.29) is 11.2 Å². The Balaban J connectivity index is 0.000000155. The maximum atomic E-state index is 12.6. The molecule has 0 bridgehead atoms. The Morgan fingerprint density at radius 1 is 0.828 bits per heavy atom. The van der Waals surface area contributed by atoms with Crippen LogP contribution in [0, 0.1) is 0 Å². The summed E-state index contributed by atoms with van der Waals surface area (Å²) in [5.41, 5.74) is 7.38. The number of likely N-dealkylation sites (N-methyl/N-ethyl adjacent to an activating group) is 1. The molecule has 0 amide bonds. The number of ether oxygens (including phenoxy) is 4. The first kappa shape index (κ1) is 39.2. The number of aryl methyl sites for hydroxylation is 1. The molecule has 2 N–H and O–H groups in total. The van der Waals surface area contributed by atoms with Crippen LogP contribution in [0.15, 0.2) is 76.4 Å². The minimum atomic E-state index is -0.112. The van der Waals surface area contributed by atoms with E-state index in [1.165, 1.54) is 11.1 Å². The van der Waals surface area contributed by atoms with Crippen molar-refractivity contribution in [2.45, 2.75) is 64.6 Å². The van der Waals surface area contributed by atoms with Crippen molar-refractivity contribution in [2.75, 3.05) is 64.6 Å². The Labute approximate surface area is 338 Å². The lowest BCUT2D eigenvalue weighted by Gasteiger charge is -2.35. The Bertz CT molecular complexity index is 2390. The predicted octanol–water partition coefficient (Wildman–Crippen LogP) is 5.99. The fourth-order valence-corrected chi connectivity index (χ4v) is 7.32. The van der Waals surface area contributed by atoms with Gasteiger partial charge in [-0.1, -0.05) is 20.4 Å². The van der Waals surface area contributed by atoms with E-state index in [2.05, 4.69) is 60.9 Å². The second-order valence-corrected chi connectivity index (χ2v) is 15.3. The molecule has 0 radical (unpaired) electrons. The van der Waals surface area contributed by atoms with E-state index in [0.29, 0.717) is 43.8 Å². The standard InChI is InChI=1S/C21H25N5O2.C20H23N5O3.C2H6/c1-14-19(26-8-10-27-11-9-26)13-18(24-25(14)3)20-16-12-15(28-21(2)6-7-21)4-5-17(16)22-23-20;1-24-20(26)18(25-7-9-27-10-8-25)12-17(23-24)19-15-11-14(28-13-3-2-4-13)5-6-16(15)21-22-19;1-2/h4-5,12-13H,1,6-11H2,2-3H3,(H,22,23);5-6,11-13H,2-4,7-10H2,1H3,(H,21,22);1-2H3. The molecule has 0 atom stereocenters. The third-order valence-electron chi connectivity index (χ3n) is 11.2. The maximum absolute atomic E-state index is 12.6. The Hall–Kier alpha value is -5.67. The average Bonchev–Trinajstić information content (AvgIpc) is 3.59. The summed E-state index contributed by atoms with van der Waals surface area (Å²) in [5.74, 6) is 1.72. The molecule has 58 heavy (non-hydrogen) atoms. The number of hydrogen-bond donors (Lipinski definition) is 2. The molecule has 15 nitrogen and oxygen atoms in total. The second kappa shape index (κ2) is 16.7. The Morgan fingerprint density at radius 3 is 2.07 bits per heavy atom. The molecule has 0 spiro atoms. The van der Waals surface area contributed by atoms with Crippen molar-refractivity contribution in [3.63, 3.8) is 0 Å². The summed E-state index contributed by atoms with van der Waals surface area (Å²) in [6.45, 7) is 16.1. The van der Waals surface area contributed by atoms with Crippen LogP contribution in [-0.2, 0) is 16.5 Å². The van der Waals surface area contributed by atoms with Gasteiger partial charge in [0.2, 0.25) is 0 Å². The number of fused-ring (bicyclic) bond motifs is 2. The Kier molecular flexibility index (Phi) is 11.3. The van der Waals surface area contributed by atoms with Gasteiger partial charge in [-0.05, 0) is 87.6 Å². The molecule has 2 saturated heterocycles. The van der Waals surface area contributed by atoms with Crippen LogP contribution in [0.3, 0.4) is 0 Å². The van der Waals surface area contributed by atoms with Crippen LogP contribution >= 0.6 is 0 Å². The molecule has 5 aromatic rings. The lowest BCUT2D eigenvalue weighted by atomic mass is 9.96. The molecule has 10 rings (SSSR count). The maximum Gasteiger partial charge on any atom is 0.290 e. The highest BCUT2D eigenvalue weighted by Gasteiger charge is 2.40. The van der Waals surface area contributed by atoms with Crippen LogP contribution in [0.2, 0.25) is 0 Å². The van der Waals surface area contributed by atoms with Gasteiger partial charge in [0.05, 0.1) is 55.0 Å². The number of aromatic amines is 2. The van der Waals surface area contributed by atoms with Crippen LogP contribution in [0.25, 0.3) is 33.2 Å². The molecule has 6 heterocycles. The molecule has 4 fully saturated rings. The van der Waals surface area contributed by atoms with Crippen molar-refractivity contribution in [3.8, 4) is 22.9 Å². The lowest BCUT2D eigenvalue weighted by molar-refractivity contribution is 0.0531. The zero-order valence-corrected chi connectivity index (χ0v) is 34.2. The van der Waals surface area contributed by atoms with E-state index in [4.69, 9.17) is 24.0 Å². The summed E-state index contributed by atoms with van der Waals surface area (Å²) in [6.07, 6.45) is 8.07. The van der Waals surface area contributed by atoms with Crippen LogP contribution in [0.4, 0.5) is 5.69 Å². The van der Waals surface area contributed by atoms with Crippen molar-refractivity contribution in [2.24, 2.45) is 12.1 Å². The SMILES string of the molecule is C=C1C(N2CCOCC2)=CC(c2n[nH]c3ccc(OC4(C)CC4)cc23)=NN1C.CC.Cn1nc(-c2n[nH]c3ccc(OC4CCC4)cc23)cc(N2CCOCC2)c1=O. The topological polar surface area (TPSA) is 151 Å². The van der Waals surface area contributed by atoms with Gasteiger partial charge in [0.25, 0.3) is 5.56 Å². The largest absolute Gasteiger partial charge is 0.490 e. The number of allylic oxidation sites excluding steroid dienone is 1. The highest BCUT2D eigenvalue weighted by molar-refractivity contribution is 6.15. The zero-order chi connectivity index (χ0) is 40.4. The van der Waals surface area contributed by atoms with Gasteiger partial charge < -0.3 is 28.7 Å². The van der Waals surface area contributed by atoms with Crippen molar-refractivity contribution in [3.05, 3.63) is 82.6 Å². The van der Waals surface area contributed by atoms with Gasteiger partial charge in [0.15, 0.2) is 0 Å². The van der Waals surface area contributed by atoms with E-state index >= 15 is 0 Å². The van der Waals surface area contributed by atoms with Gasteiger partial charge in [0.1, 0.15) is 45.6 Å². The van der Waals surface area contributed by atoms with Gasteiger partial charge in [-0.25, -0.2) is 4.68 Å². The number of nitrogens with zero attached hydrogens (tertiary/aromatic N) is 8. The van der Waals surface area contributed by atoms with Gasteiger partial charge in [-0.15, -0.1) is 0 Å². The molecule has 306 valence electrons. The average molecular weight is 791 g/mol. The first-order chi connectivity index (χ1) is 28.2. The van der Waals surface area contributed by atoms with Gasteiger partial charge >= 0.3 is 0 Å². The molecule has 3 aromatic heterocycles. The summed E-state index contributed by atoms with van der Waals surface area (Å²) < 4.78 is 24.5. The van der Waals surface area contributed by atoms with E-state index in [0.717, 1.165) is 114 Å². The van der Waals surface area contributed by atoms with E-state index in [9.17, 15) is 4.79 Å². The lowest BCUT2D eigenvalue weighted by Crippen LogP contribution is -2.40. The minimum absolute atomic E-state index is 0.0126. The van der Waals surface area contributed by atoms with Crippen LogP contribution in [-0.4, -0.2) is 117 Å². The summed E-state index contributed by atoms with van der Waals surface area (Å²) >= 11 is 0. The zero-order valence-electron chi connectivity index (χ0n) is 34.2. The van der Waals surface area contributed by atoms with Crippen molar-refractivity contribution < 1.29 is 18.9 Å². The summed E-state index contributed by atoms with van der Waals surface area (Å²) in [4.78, 5) is 17.0. The molecule has 2 aromatic carbocycles. The molecule has 3 aliphatic heterocycles. The number of H-pyrrole nitrogens is 2. The van der Waals surface area contributed by atoms with E-state index in [1.54, 1.807) is 7.05 Å². The summed E-state index contributed by atoms with van der Waals surface area (Å²) in [7, 11) is 3.60. The number of rotatable bonds is 8. The fraction of sp³-hybridized carbons (Fsp3) is 0.465. The third kappa shape index (κ3) is 8.18. The molecule has 15 heteroatoms. The molecule has 2 saturated carbocycles. The molecule has 5 aliphatic rings. The van der Waals surface area contributed by atoms with E-state index in [1.807, 2.05) is 62.3 Å². The van der Waals surface area contributed by atoms with Crippen LogP contribution in [0.1, 0.15) is 58.6 Å². The number of nitrogens with one attached hydrogen (secondary N) is 2. The number of aromatic nitrogens is 6. The quantitative estimate of drug-likeness (QED) is 0.191. The number of hydrogen-bond acceptors (Lipinski definition) is 12. The number of benzene rings is 2. The number of anilines is 1. The van der Waals surface area contributed by atoms with Crippen LogP contribution < -0.4 is 19.9 Å². The second-order valence-electron chi connectivity index (χ2n) is 15.3. The highest BCUT2D eigenvalue weighted by atomic mass is 16.5. The van der Waals surface area contributed by atoms with Crippen molar-refractivity contribution in [1.82, 2.24) is 40.1 Å². The number of hydrazone groups is 1. The van der Waals surface area contributed by atoms with Crippen molar-refractivity contribution >= 4 is 33.2 Å². The van der Waals surface area contributed by atoms with Gasteiger partial charge in [-0.2, -0.15) is 20.4 Å². The minimum Gasteiger partial charge on any atom is -0.490 e. The van der Waals surface area contributed by atoms with Crippen LogP contribution in [0.5, 0.6) is 11.5 Å². The summed E-state index contributed by atoms with van der Waals surface area (Å²) in [5, 5.41) is 28.2. The first-order valence-corrected chi connectivity index (χ1v) is 20.5. The molecule has 0 unspecified atom stereocenters. The fourth-order valence-electron chi connectivity index (χ4n) is 7.32. The normalized spacial score (nSPS) is 19.1. The highest BCUT2D eigenvalue weighted by Crippen LogP contribution is 2.40. The van der Waals surface area contributed by atoms with Crippen molar-refractivity contribution in [1.29, 1.82) is 0 Å². The number of morpholine rings is 2. The predicted molar refractivity (Wildman–Crippen MR) is 225 cm³/mol. The molecular weight excluding hydrogens is 737 g/mol. The van der Waals surface area contributed by atoms with Gasteiger partial charge in [-0.3, -0.25) is 20.0 Å². The molecule has 2 aliphatic carbocycles. The Morgan fingerprint density at radius 2 is 1.43 bits per heavy atom. The van der Waals surface area contributed by atoms with Gasteiger partial charge in [0, 0.05) is 51.0 Å². The molecular formula is C43H54N10O5. The smallest absolute Gasteiger partial charge is 0.290 e. The summed E-state index contributed by atoms with van der Waals surface area (Å²) in [6, 6.07) is 13.9. The monoisotopic (exact) mass is 790 g/mol. The first-order valence-electron chi connectivity index (χ1n) is 20.5. The van der Waals surface area contributed by atoms with E-state index < -0.39 is 0 Å².